The Balaban J connectivity index is 1.42. The number of piperidine rings is 1. The molecule has 6 heteroatoms. The first-order chi connectivity index (χ1) is 11.7. The van der Waals surface area contributed by atoms with Crippen LogP contribution in [0.3, 0.4) is 0 Å². The van der Waals surface area contributed by atoms with E-state index in [1.807, 2.05) is 23.1 Å². The van der Waals surface area contributed by atoms with E-state index in [0.717, 1.165) is 62.1 Å². The third kappa shape index (κ3) is 3.20. The second-order valence-corrected chi connectivity index (χ2v) is 7.49. The highest BCUT2D eigenvalue weighted by molar-refractivity contribution is 6.33. The van der Waals surface area contributed by atoms with Crippen molar-refractivity contribution in [3.05, 3.63) is 23.2 Å². The lowest BCUT2D eigenvalue weighted by Gasteiger charge is -2.34. The number of hydrogen-bond acceptors (Lipinski definition) is 3. The van der Waals surface area contributed by atoms with Gasteiger partial charge in [-0.3, -0.25) is 4.90 Å². The number of fused-ring (bicyclic) bond motifs is 2. The summed E-state index contributed by atoms with van der Waals surface area (Å²) in [5.74, 6) is 0. The largest absolute Gasteiger partial charge is 0.370 e. The second-order valence-electron chi connectivity index (χ2n) is 7.08. The van der Waals surface area contributed by atoms with Gasteiger partial charge in [-0.2, -0.15) is 0 Å². The van der Waals surface area contributed by atoms with Gasteiger partial charge in [0.15, 0.2) is 0 Å². The topological polar surface area (TPSA) is 38.8 Å². The van der Waals surface area contributed by atoms with E-state index in [4.69, 9.17) is 11.6 Å². The molecule has 0 aliphatic carbocycles. The van der Waals surface area contributed by atoms with Gasteiger partial charge in [0.25, 0.3) is 0 Å². The highest BCUT2D eigenvalue weighted by atomic mass is 35.5. The lowest BCUT2D eigenvalue weighted by Crippen LogP contribution is -2.51. The summed E-state index contributed by atoms with van der Waals surface area (Å²) >= 11 is 6.48. The molecule has 5 nitrogen and oxygen atoms in total. The number of nitrogens with one attached hydrogen (secondary N) is 1. The van der Waals surface area contributed by atoms with Gasteiger partial charge in [-0.15, -0.1) is 0 Å². The molecule has 0 radical (unpaired) electrons. The van der Waals surface area contributed by atoms with E-state index in [1.165, 1.54) is 19.3 Å². The van der Waals surface area contributed by atoms with Crippen molar-refractivity contribution in [2.45, 2.75) is 31.7 Å². The molecule has 3 fully saturated rings. The van der Waals surface area contributed by atoms with Crippen molar-refractivity contribution >= 4 is 29.0 Å². The molecule has 130 valence electrons. The summed E-state index contributed by atoms with van der Waals surface area (Å²) in [6.45, 7) is 6.07. The number of piperazine rings is 1. The molecule has 3 aliphatic heterocycles. The minimum absolute atomic E-state index is 0.00309. The minimum Gasteiger partial charge on any atom is -0.370 e. The Morgan fingerprint density at radius 3 is 2.71 bits per heavy atom. The minimum atomic E-state index is 0.00309. The maximum atomic E-state index is 12.6. The Hall–Kier alpha value is -1.46. The average molecular weight is 349 g/mol. The Labute approximate surface area is 148 Å². The van der Waals surface area contributed by atoms with Crippen LogP contribution in [-0.4, -0.2) is 61.1 Å². The van der Waals surface area contributed by atoms with Crippen LogP contribution in [0.2, 0.25) is 5.02 Å². The van der Waals surface area contributed by atoms with Crippen LogP contribution in [0.15, 0.2) is 18.2 Å². The zero-order chi connectivity index (χ0) is 16.5. The van der Waals surface area contributed by atoms with Gasteiger partial charge >= 0.3 is 6.03 Å². The summed E-state index contributed by atoms with van der Waals surface area (Å²) in [5, 5.41) is 3.75. The lowest BCUT2D eigenvalue weighted by molar-refractivity contribution is 0.153. The molecule has 0 saturated carbocycles. The smallest absolute Gasteiger partial charge is 0.322 e. The van der Waals surface area contributed by atoms with Gasteiger partial charge in [-0.25, -0.2) is 4.79 Å². The van der Waals surface area contributed by atoms with Crippen molar-refractivity contribution in [1.82, 2.24) is 9.80 Å². The van der Waals surface area contributed by atoms with E-state index in [0.29, 0.717) is 6.04 Å². The van der Waals surface area contributed by atoms with Gasteiger partial charge in [0.2, 0.25) is 0 Å². The van der Waals surface area contributed by atoms with Crippen molar-refractivity contribution in [3.63, 3.8) is 0 Å². The number of rotatable bonds is 2. The molecule has 3 heterocycles. The third-order valence-corrected chi connectivity index (χ3v) is 5.80. The van der Waals surface area contributed by atoms with Crippen molar-refractivity contribution in [2.75, 3.05) is 49.5 Å². The molecule has 1 aromatic rings. The van der Waals surface area contributed by atoms with E-state index >= 15 is 0 Å². The standard InChI is InChI=1S/C18H25ClN4O/c19-16-12-14(4-5-17(16)22-7-2-1-3-8-22)20-18(24)23-11-10-21-9-6-15(23)13-21/h4-5,12,15H,1-3,6-11,13H2,(H,20,24). The van der Waals surface area contributed by atoms with Crippen LogP contribution in [0, 0.1) is 0 Å². The van der Waals surface area contributed by atoms with Crippen LogP contribution >= 0.6 is 11.6 Å². The number of halogens is 1. The van der Waals surface area contributed by atoms with E-state index in [-0.39, 0.29) is 6.03 Å². The number of nitrogens with zero attached hydrogens (tertiary/aromatic N) is 3. The molecule has 3 aliphatic rings. The van der Waals surface area contributed by atoms with Crippen LogP contribution in [0.1, 0.15) is 25.7 Å². The van der Waals surface area contributed by atoms with Crippen LogP contribution in [0.25, 0.3) is 0 Å². The summed E-state index contributed by atoms with van der Waals surface area (Å²) in [6, 6.07) is 6.26. The van der Waals surface area contributed by atoms with Gasteiger partial charge in [0, 0.05) is 51.0 Å². The van der Waals surface area contributed by atoms with Gasteiger partial charge in [0.1, 0.15) is 0 Å². The van der Waals surface area contributed by atoms with Crippen LogP contribution < -0.4 is 10.2 Å². The number of carbonyl (C=O) groups excluding carboxylic acids is 1. The Morgan fingerprint density at radius 1 is 1.08 bits per heavy atom. The number of urea groups is 1. The molecule has 0 aromatic heterocycles. The molecule has 2 atom stereocenters. The molecule has 24 heavy (non-hydrogen) atoms. The number of amides is 2. The van der Waals surface area contributed by atoms with E-state index < -0.39 is 0 Å². The SMILES string of the molecule is O=C(Nc1ccc(N2CCCCC2)c(Cl)c1)N1CCN2CCC1C2. The van der Waals surface area contributed by atoms with Crippen molar-refractivity contribution < 1.29 is 4.79 Å². The highest BCUT2D eigenvalue weighted by Crippen LogP contribution is 2.31. The number of anilines is 2. The van der Waals surface area contributed by atoms with Crippen LogP contribution in [0.4, 0.5) is 16.2 Å². The average Bonchev–Trinajstić information content (AvgIpc) is 2.96. The summed E-state index contributed by atoms with van der Waals surface area (Å²) in [6.07, 6.45) is 4.84. The Morgan fingerprint density at radius 2 is 1.92 bits per heavy atom. The van der Waals surface area contributed by atoms with Crippen molar-refractivity contribution in [3.8, 4) is 0 Å². The summed E-state index contributed by atoms with van der Waals surface area (Å²) in [4.78, 5) is 19.3. The maximum absolute atomic E-state index is 12.6. The molecule has 2 unspecified atom stereocenters. The fourth-order valence-corrected chi connectivity index (χ4v) is 4.44. The summed E-state index contributed by atoms with van der Waals surface area (Å²) in [7, 11) is 0. The number of benzene rings is 1. The monoisotopic (exact) mass is 348 g/mol. The second kappa shape index (κ2) is 6.81. The third-order valence-electron chi connectivity index (χ3n) is 5.50. The van der Waals surface area contributed by atoms with Gasteiger partial charge in [-0.1, -0.05) is 11.6 Å². The Bertz CT molecular complexity index is 617. The molecule has 4 rings (SSSR count). The normalized spacial score (nSPS) is 26.5. The molecule has 1 aromatic carbocycles. The summed E-state index contributed by atoms with van der Waals surface area (Å²) < 4.78 is 0. The van der Waals surface area contributed by atoms with Crippen LogP contribution in [-0.2, 0) is 0 Å². The first kappa shape index (κ1) is 16.0. The summed E-state index contributed by atoms with van der Waals surface area (Å²) in [5.41, 5.74) is 1.87. The van der Waals surface area contributed by atoms with E-state index in [9.17, 15) is 4.79 Å². The van der Waals surface area contributed by atoms with E-state index in [1.54, 1.807) is 0 Å². The van der Waals surface area contributed by atoms with Gasteiger partial charge < -0.3 is 15.1 Å². The lowest BCUT2D eigenvalue weighted by atomic mass is 10.1. The first-order valence-corrected chi connectivity index (χ1v) is 9.43. The predicted octanol–water partition coefficient (Wildman–Crippen LogP) is 3.25. The molecule has 0 spiro atoms. The Kier molecular flexibility index (Phi) is 4.55. The van der Waals surface area contributed by atoms with Crippen molar-refractivity contribution in [2.24, 2.45) is 0 Å². The van der Waals surface area contributed by atoms with Crippen molar-refractivity contribution in [1.29, 1.82) is 0 Å². The molecule has 2 amide bonds. The molecular weight excluding hydrogens is 324 g/mol. The highest BCUT2D eigenvalue weighted by Gasteiger charge is 2.35. The zero-order valence-corrected chi connectivity index (χ0v) is 14.8. The first-order valence-electron chi connectivity index (χ1n) is 9.05. The van der Waals surface area contributed by atoms with Crippen LogP contribution in [0.5, 0.6) is 0 Å². The fourth-order valence-electron chi connectivity index (χ4n) is 4.14. The fraction of sp³-hybridized carbons (Fsp3) is 0.611. The molecule has 3 saturated heterocycles. The maximum Gasteiger partial charge on any atom is 0.322 e. The van der Waals surface area contributed by atoms with Gasteiger partial charge in [-0.05, 0) is 43.9 Å². The molecule has 1 N–H and O–H groups in total. The number of carbonyl (C=O) groups is 1. The molecular formula is C18H25ClN4O. The quantitative estimate of drug-likeness (QED) is 0.891. The number of hydrogen-bond donors (Lipinski definition) is 1. The predicted molar refractivity (Wildman–Crippen MR) is 98.1 cm³/mol. The van der Waals surface area contributed by atoms with E-state index in [2.05, 4.69) is 15.1 Å². The zero-order valence-electron chi connectivity index (χ0n) is 14.0. The van der Waals surface area contributed by atoms with Gasteiger partial charge in [0.05, 0.1) is 10.7 Å². The molecule has 2 bridgehead atoms.